The number of hydrogen-bond donors (Lipinski definition) is 0. The summed E-state index contributed by atoms with van der Waals surface area (Å²) in [4.78, 5) is 14.4. The molecule has 4 nitrogen and oxygen atoms in total. The second-order valence-electron chi connectivity index (χ2n) is 6.08. The number of anilines is 3. The summed E-state index contributed by atoms with van der Waals surface area (Å²) in [6.45, 7) is 6.20. The van der Waals surface area contributed by atoms with Crippen molar-refractivity contribution in [1.29, 1.82) is 0 Å². The number of rotatable bonds is 1. The summed E-state index contributed by atoms with van der Waals surface area (Å²) in [5.74, 6) is 0.567. The van der Waals surface area contributed by atoms with Crippen molar-refractivity contribution in [3.05, 3.63) is 71.0 Å². The molecule has 0 fully saturated rings. The number of para-hydroxylation sites is 1. The molecule has 0 N–H and O–H groups in total. The van der Waals surface area contributed by atoms with Crippen LogP contribution in [0.3, 0.4) is 0 Å². The molecule has 2 heterocycles. The number of aryl methyl sites for hydroxylation is 3. The first-order valence-electron chi connectivity index (χ1n) is 7.83. The zero-order valence-electron chi connectivity index (χ0n) is 13.8. The molecule has 2 aromatic carbocycles. The first kappa shape index (κ1) is 14.6. The van der Waals surface area contributed by atoms with Gasteiger partial charge in [0, 0.05) is 6.07 Å². The van der Waals surface area contributed by atoms with Crippen LogP contribution in [0.2, 0.25) is 0 Å². The monoisotopic (exact) mass is 319 g/mol. The summed E-state index contributed by atoms with van der Waals surface area (Å²) in [7, 11) is 0. The van der Waals surface area contributed by atoms with Crippen LogP contribution in [-0.2, 0) is 0 Å². The van der Waals surface area contributed by atoms with E-state index in [-0.39, 0.29) is 5.97 Å². The van der Waals surface area contributed by atoms with Crippen molar-refractivity contribution in [1.82, 2.24) is 0 Å². The highest BCUT2D eigenvalue weighted by Crippen LogP contribution is 2.47. The van der Waals surface area contributed by atoms with Gasteiger partial charge in [0.2, 0.25) is 5.88 Å². The number of carbonyl (C=O) groups is 1. The van der Waals surface area contributed by atoms with Gasteiger partial charge in [0.05, 0.1) is 23.2 Å². The predicted molar refractivity (Wildman–Crippen MR) is 92.6 cm³/mol. The Kier molecular flexibility index (Phi) is 3.20. The average molecular weight is 319 g/mol. The summed E-state index contributed by atoms with van der Waals surface area (Å²) in [6, 6.07) is 13.3. The number of hydrogen-bond acceptors (Lipinski definition) is 4. The summed E-state index contributed by atoms with van der Waals surface area (Å²) in [5, 5.41) is 0. The van der Waals surface area contributed by atoms with E-state index in [1.54, 1.807) is 12.1 Å². The Morgan fingerprint density at radius 3 is 2.42 bits per heavy atom. The molecule has 1 aromatic heterocycles. The molecule has 0 aliphatic carbocycles. The van der Waals surface area contributed by atoms with E-state index < -0.39 is 0 Å². The van der Waals surface area contributed by atoms with Gasteiger partial charge in [0.1, 0.15) is 0 Å². The normalized spacial score (nSPS) is 13.1. The van der Waals surface area contributed by atoms with Crippen molar-refractivity contribution >= 4 is 23.2 Å². The quantitative estimate of drug-likeness (QED) is 0.578. The molecule has 120 valence electrons. The Bertz CT molecular complexity index is 932. The van der Waals surface area contributed by atoms with Gasteiger partial charge in [-0.3, -0.25) is 4.90 Å². The average Bonchev–Trinajstić information content (AvgIpc) is 2.94. The van der Waals surface area contributed by atoms with Gasteiger partial charge in [-0.15, -0.1) is 0 Å². The molecule has 4 rings (SSSR count). The maximum Gasteiger partial charge on any atom is 0.345 e. The van der Waals surface area contributed by atoms with Crippen LogP contribution in [0, 0.1) is 20.8 Å². The molecule has 0 unspecified atom stereocenters. The third-order valence-electron chi connectivity index (χ3n) is 4.24. The van der Waals surface area contributed by atoms with E-state index in [4.69, 9.17) is 9.15 Å². The van der Waals surface area contributed by atoms with Gasteiger partial charge in [0.15, 0.2) is 5.75 Å². The fraction of sp³-hybridized carbons (Fsp3) is 0.150. The summed E-state index contributed by atoms with van der Waals surface area (Å²) < 4.78 is 11.2. The van der Waals surface area contributed by atoms with Crippen molar-refractivity contribution < 1.29 is 13.9 Å². The Hall–Kier alpha value is -3.01. The van der Waals surface area contributed by atoms with E-state index in [2.05, 4.69) is 32.9 Å². The van der Waals surface area contributed by atoms with Crippen LogP contribution in [0.1, 0.15) is 27.0 Å². The Morgan fingerprint density at radius 1 is 0.958 bits per heavy atom. The fourth-order valence-electron chi connectivity index (χ4n) is 3.38. The van der Waals surface area contributed by atoms with Gasteiger partial charge in [-0.2, -0.15) is 0 Å². The van der Waals surface area contributed by atoms with E-state index in [9.17, 15) is 4.79 Å². The summed E-state index contributed by atoms with van der Waals surface area (Å²) >= 11 is 0. The van der Waals surface area contributed by atoms with E-state index in [0.717, 1.165) is 22.5 Å². The molecular formula is C20H17NO3. The third-order valence-corrected chi connectivity index (χ3v) is 4.24. The zero-order chi connectivity index (χ0) is 16.8. The van der Waals surface area contributed by atoms with E-state index in [1.165, 1.54) is 11.8 Å². The molecule has 0 saturated heterocycles. The van der Waals surface area contributed by atoms with Crippen LogP contribution in [0.4, 0.5) is 17.3 Å². The zero-order valence-corrected chi connectivity index (χ0v) is 13.8. The standard InChI is InChI=1S/C20H17NO3/c1-12-10-13(2)18(14(3)11-12)21-16-7-5-4-6-15(16)20(22)24-17-8-9-23-19(17)21/h4-11H,1-3H3. The van der Waals surface area contributed by atoms with Crippen LogP contribution >= 0.6 is 0 Å². The van der Waals surface area contributed by atoms with Crippen molar-refractivity contribution in [3.63, 3.8) is 0 Å². The van der Waals surface area contributed by atoms with Crippen molar-refractivity contribution in [2.24, 2.45) is 0 Å². The number of carbonyl (C=O) groups excluding carboxylic acids is 1. The molecule has 0 bridgehead atoms. The van der Waals surface area contributed by atoms with Gasteiger partial charge in [-0.05, 0) is 44.0 Å². The minimum Gasteiger partial charge on any atom is -0.445 e. The molecule has 0 radical (unpaired) electrons. The fourth-order valence-corrected chi connectivity index (χ4v) is 3.38. The van der Waals surface area contributed by atoms with Gasteiger partial charge >= 0.3 is 5.97 Å². The lowest BCUT2D eigenvalue weighted by molar-refractivity contribution is 0.0738. The molecule has 3 aromatic rings. The molecule has 0 spiro atoms. The molecule has 0 atom stereocenters. The van der Waals surface area contributed by atoms with E-state index in [1.807, 2.05) is 23.1 Å². The lowest BCUT2D eigenvalue weighted by Gasteiger charge is -2.26. The molecule has 1 aliphatic heterocycles. The maximum atomic E-state index is 12.5. The maximum absolute atomic E-state index is 12.5. The number of nitrogens with zero attached hydrogens (tertiary/aromatic N) is 1. The largest absolute Gasteiger partial charge is 0.445 e. The molecule has 0 saturated carbocycles. The second-order valence-corrected chi connectivity index (χ2v) is 6.08. The highest BCUT2D eigenvalue weighted by atomic mass is 16.5. The number of esters is 1. The summed E-state index contributed by atoms with van der Waals surface area (Å²) in [6.07, 6.45) is 1.54. The first-order chi connectivity index (χ1) is 11.6. The number of benzene rings is 2. The molecule has 1 aliphatic rings. The van der Waals surface area contributed by atoms with E-state index in [0.29, 0.717) is 17.2 Å². The highest BCUT2D eigenvalue weighted by Gasteiger charge is 2.31. The lowest BCUT2D eigenvalue weighted by atomic mass is 10.0. The molecular weight excluding hydrogens is 302 g/mol. The van der Waals surface area contributed by atoms with Crippen LogP contribution < -0.4 is 9.64 Å². The van der Waals surface area contributed by atoms with Crippen LogP contribution in [0.5, 0.6) is 5.75 Å². The van der Waals surface area contributed by atoms with Crippen LogP contribution in [-0.4, -0.2) is 5.97 Å². The van der Waals surface area contributed by atoms with Crippen LogP contribution in [0.25, 0.3) is 0 Å². The number of ether oxygens (including phenoxy) is 1. The highest BCUT2D eigenvalue weighted by molar-refractivity contribution is 6.02. The number of furan rings is 1. The SMILES string of the molecule is Cc1cc(C)c(N2c3ccccc3C(=O)Oc3ccoc32)c(C)c1. The van der Waals surface area contributed by atoms with E-state index >= 15 is 0 Å². The third kappa shape index (κ3) is 2.11. The minimum atomic E-state index is -0.377. The minimum absolute atomic E-state index is 0.377. The van der Waals surface area contributed by atoms with Crippen LogP contribution in [0.15, 0.2) is 53.1 Å². The van der Waals surface area contributed by atoms with Gasteiger partial charge in [-0.25, -0.2) is 4.79 Å². The molecule has 4 heteroatoms. The lowest BCUT2D eigenvalue weighted by Crippen LogP contribution is -2.14. The first-order valence-corrected chi connectivity index (χ1v) is 7.83. The van der Waals surface area contributed by atoms with Gasteiger partial charge in [0.25, 0.3) is 0 Å². The molecule has 24 heavy (non-hydrogen) atoms. The Balaban J connectivity index is 2.06. The number of fused-ring (bicyclic) bond motifs is 2. The smallest absolute Gasteiger partial charge is 0.345 e. The van der Waals surface area contributed by atoms with Crippen molar-refractivity contribution in [2.75, 3.05) is 4.90 Å². The Labute approximate surface area is 140 Å². The second kappa shape index (κ2) is 5.27. The summed E-state index contributed by atoms with van der Waals surface area (Å²) in [5.41, 5.74) is 5.69. The Morgan fingerprint density at radius 2 is 1.67 bits per heavy atom. The molecule has 0 amide bonds. The van der Waals surface area contributed by atoms with Gasteiger partial charge < -0.3 is 9.15 Å². The topological polar surface area (TPSA) is 42.7 Å². The van der Waals surface area contributed by atoms with Crippen molar-refractivity contribution in [3.8, 4) is 5.75 Å². The van der Waals surface area contributed by atoms with Gasteiger partial charge in [-0.1, -0.05) is 29.8 Å². The predicted octanol–water partition coefficient (Wildman–Crippen LogP) is 5.21. The van der Waals surface area contributed by atoms with Crippen molar-refractivity contribution in [2.45, 2.75) is 20.8 Å².